The van der Waals surface area contributed by atoms with Crippen molar-refractivity contribution in [3.8, 4) is 11.3 Å². The third kappa shape index (κ3) is 3.44. The largest absolute Gasteiger partial charge is 0.451 e. The minimum atomic E-state index is -0.424. The van der Waals surface area contributed by atoms with Gasteiger partial charge in [-0.1, -0.05) is 12.1 Å². The van der Waals surface area contributed by atoms with E-state index in [1.54, 1.807) is 41.3 Å². The van der Waals surface area contributed by atoms with Crippen LogP contribution in [0.15, 0.2) is 40.8 Å². The first-order valence-electron chi connectivity index (χ1n) is 8.58. The van der Waals surface area contributed by atoms with Gasteiger partial charge in [0.05, 0.1) is 6.10 Å². The maximum atomic E-state index is 12.4. The second-order valence-corrected chi connectivity index (χ2v) is 6.68. The number of furan rings is 1. The first-order valence-corrected chi connectivity index (χ1v) is 8.58. The number of aliphatic hydroxyl groups excluding tert-OH is 1. The topological polar surface area (TPSA) is 82.8 Å². The molecule has 4 rings (SSSR count). The molecule has 1 aromatic heterocycles. The minimum absolute atomic E-state index is 0.0768. The summed E-state index contributed by atoms with van der Waals surface area (Å²) in [5.41, 5.74) is 1.39. The van der Waals surface area contributed by atoms with Crippen LogP contribution in [-0.2, 0) is 0 Å². The molecule has 1 aromatic carbocycles. The highest BCUT2D eigenvalue weighted by Crippen LogP contribution is 2.25. The average molecular weight is 340 g/mol. The Morgan fingerprint density at radius 2 is 1.84 bits per heavy atom. The average Bonchev–Trinajstić information content (AvgIpc) is 3.12. The molecule has 1 aliphatic carbocycles. The second-order valence-electron chi connectivity index (χ2n) is 6.68. The number of aliphatic hydroxyl groups is 1. The fraction of sp³-hybridized carbons (Fsp3) is 0.368. The second kappa shape index (κ2) is 6.37. The molecule has 2 aliphatic rings. The van der Waals surface area contributed by atoms with E-state index < -0.39 is 6.10 Å². The molecule has 1 aliphatic heterocycles. The van der Waals surface area contributed by atoms with Gasteiger partial charge in [0.2, 0.25) is 0 Å². The van der Waals surface area contributed by atoms with Gasteiger partial charge in [-0.05, 0) is 43.5 Å². The summed E-state index contributed by atoms with van der Waals surface area (Å²) >= 11 is 0. The summed E-state index contributed by atoms with van der Waals surface area (Å²) in [6.45, 7) is 0.970. The fourth-order valence-corrected chi connectivity index (χ4v) is 2.99. The summed E-state index contributed by atoms with van der Waals surface area (Å²) in [4.78, 5) is 26.0. The van der Waals surface area contributed by atoms with E-state index in [0.29, 0.717) is 36.6 Å². The number of amides is 2. The Kier molecular flexibility index (Phi) is 4.05. The number of benzene rings is 1. The number of carbonyl (C=O) groups excluding carboxylic acids is 2. The Hall–Kier alpha value is -2.60. The van der Waals surface area contributed by atoms with Crippen LogP contribution in [0.5, 0.6) is 0 Å². The van der Waals surface area contributed by atoms with Crippen LogP contribution in [0.4, 0.5) is 0 Å². The van der Waals surface area contributed by atoms with Gasteiger partial charge < -0.3 is 19.7 Å². The van der Waals surface area contributed by atoms with Crippen LogP contribution in [0.3, 0.4) is 0 Å². The van der Waals surface area contributed by atoms with E-state index in [0.717, 1.165) is 18.4 Å². The summed E-state index contributed by atoms with van der Waals surface area (Å²) in [5.74, 6) is 0.629. The number of hydrogen-bond donors (Lipinski definition) is 2. The van der Waals surface area contributed by atoms with E-state index in [1.807, 2.05) is 0 Å². The molecule has 1 saturated heterocycles. The van der Waals surface area contributed by atoms with Crippen molar-refractivity contribution in [2.45, 2.75) is 31.4 Å². The highest BCUT2D eigenvalue weighted by atomic mass is 16.4. The lowest BCUT2D eigenvalue weighted by Gasteiger charge is -2.15. The summed E-state index contributed by atoms with van der Waals surface area (Å²) in [6.07, 6.45) is 2.26. The summed E-state index contributed by atoms with van der Waals surface area (Å²) in [5, 5.41) is 12.4. The van der Waals surface area contributed by atoms with E-state index in [-0.39, 0.29) is 17.9 Å². The summed E-state index contributed by atoms with van der Waals surface area (Å²) in [6, 6.07) is 10.8. The number of nitrogens with one attached hydrogen (secondary N) is 1. The summed E-state index contributed by atoms with van der Waals surface area (Å²) < 4.78 is 5.63. The smallest absolute Gasteiger partial charge is 0.287 e. The molecule has 0 spiro atoms. The zero-order valence-electron chi connectivity index (χ0n) is 13.8. The fourth-order valence-electron chi connectivity index (χ4n) is 2.99. The molecule has 25 heavy (non-hydrogen) atoms. The highest BCUT2D eigenvalue weighted by molar-refractivity contribution is 5.95. The molecule has 0 bridgehead atoms. The molecular formula is C19H20N2O4. The van der Waals surface area contributed by atoms with Gasteiger partial charge in [0, 0.05) is 30.3 Å². The number of nitrogens with zero attached hydrogens (tertiary/aromatic N) is 1. The van der Waals surface area contributed by atoms with Crippen molar-refractivity contribution in [1.82, 2.24) is 10.2 Å². The number of β-amino-alcohol motifs (C(OH)–C–C–N with tert-alkyl or cyclic N) is 1. The molecule has 130 valence electrons. The molecular weight excluding hydrogens is 320 g/mol. The van der Waals surface area contributed by atoms with Gasteiger partial charge in [0.25, 0.3) is 11.8 Å². The minimum Gasteiger partial charge on any atom is -0.451 e. The Morgan fingerprint density at radius 1 is 1.08 bits per heavy atom. The first-order chi connectivity index (χ1) is 12.1. The van der Waals surface area contributed by atoms with Crippen molar-refractivity contribution in [2.24, 2.45) is 0 Å². The third-order valence-corrected chi connectivity index (χ3v) is 4.61. The van der Waals surface area contributed by atoms with Gasteiger partial charge in [-0.25, -0.2) is 0 Å². The maximum Gasteiger partial charge on any atom is 0.287 e. The Labute approximate surface area is 145 Å². The van der Waals surface area contributed by atoms with Gasteiger partial charge >= 0.3 is 0 Å². The van der Waals surface area contributed by atoms with E-state index >= 15 is 0 Å². The molecule has 2 aromatic rings. The van der Waals surface area contributed by atoms with Crippen molar-refractivity contribution in [1.29, 1.82) is 0 Å². The maximum absolute atomic E-state index is 12.4. The monoisotopic (exact) mass is 340 g/mol. The molecule has 2 amide bonds. The third-order valence-electron chi connectivity index (χ3n) is 4.61. The van der Waals surface area contributed by atoms with Gasteiger partial charge in [-0.3, -0.25) is 9.59 Å². The van der Waals surface area contributed by atoms with Crippen molar-refractivity contribution < 1.29 is 19.1 Å². The predicted molar refractivity (Wildman–Crippen MR) is 91.2 cm³/mol. The van der Waals surface area contributed by atoms with Crippen LogP contribution >= 0.6 is 0 Å². The zero-order valence-corrected chi connectivity index (χ0v) is 13.8. The number of hydrogen-bond acceptors (Lipinski definition) is 4. The van der Waals surface area contributed by atoms with Crippen molar-refractivity contribution in [3.63, 3.8) is 0 Å². The number of likely N-dealkylation sites (tertiary alicyclic amines) is 1. The van der Waals surface area contributed by atoms with E-state index in [1.165, 1.54) is 0 Å². The van der Waals surface area contributed by atoms with Gasteiger partial charge in [0.15, 0.2) is 5.76 Å². The lowest BCUT2D eigenvalue weighted by molar-refractivity contribution is 0.0764. The van der Waals surface area contributed by atoms with Crippen LogP contribution < -0.4 is 5.32 Å². The Balaban J connectivity index is 1.45. The van der Waals surface area contributed by atoms with Gasteiger partial charge in [-0.2, -0.15) is 0 Å². The molecule has 2 N–H and O–H groups in total. The molecule has 0 radical (unpaired) electrons. The Bertz CT molecular complexity index is 792. The van der Waals surface area contributed by atoms with E-state index in [9.17, 15) is 14.7 Å². The zero-order chi connectivity index (χ0) is 17.4. The molecule has 2 fully saturated rings. The van der Waals surface area contributed by atoms with Crippen molar-refractivity contribution in [2.75, 3.05) is 13.1 Å². The van der Waals surface area contributed by atoms with Crippen molar-refractivity contribution in [3.05, 3.63) is 47.7 Å². The number of rotatable bonds is 4. The Morgan fingerprint density at radius 3 is 2.48 bits per heavy atom. The SMILES string of the molecule is O=C(NC1CC1)c1ccc(-c2ccc(C(=O)N3CC[C@@H](O)C3)cc2)o1. The van der Waals surface area contributed by atoms with Gasteiger partial charge in [-0.15, -0.1) is 0 Å². The van der Waals surface area contributed by atoms with Crippen molar-refractivity contribution >= 4 is 11.8 Å². The van der Waals surface area contributed by atoms with E-state index in [2.05, 4.69) is 5.32 Å². The molecule has 6 nitrogen and oxygen atoms in total. The normalized spacial score (nSPS) is 19.9. The van der Waals surface area contributed by atoms with Crippen LogP contribution in [0.1, 0.15) is 40.2 Å². The molecule has 1 atom stereocenters. The molecule has 6 heteroatoms. The van der Waals surface area contributed by atoms with Crippen LogP contribution in [-0.4, -0.2) is 47.1 Å². The quantitative estimate of drug-likeness (QED) is 0.892. The summed E-state index contributed by atoms with van der Waals surface area (Å²) in [7, 11) is 0. The first kappa shape index (κ1) is 15.9. The molecule has 2 heterocycles. The highest BCUT2D eigenvalue weighted by Gasteiger charge is 2.26. The van der Waals surface area contributed by atoms with Crippen LogP contribution in [0.2, 0.25) is 0 Å². The molecule has 0 unspecified atom stereocenters. The number of carbonyl (C=O) groups is 2. The lowest BCUT2D eigenvalue weighted by atomic mass is 10.1. The lowest BCUT2D eigenvalue weighted by Crippen LogP contribution is -2.29. The van der Waals surface area contributed by atoms with E-state index in [4.69, 9.17) is 4.42 Å². The van der Waals surface area contributed by atoms with Crippen LogP contribution in [0.25, 0.3) is 11.3 Å². The predicted octanol–water partition coefficient (Wildman–Crippen LogP) is 2.05. The standard InChI is InChI=1S/C19H20N2O4/c22-15-9-10-21(11-15)19(24)13-3-1-12(2-4-13)16-7-8-17(25-16)18(23)20-14-5-6-14/h1-4,7-8,14-15,22H,5-6,9-11H2,(H,20,23)/t15-/m1/s1. The molecule has 1 saturated carbocycles. The van der Waals surface area contributed by atoms with Gasteiger partial charge in [0.1, 0.15) is 5.76 Å². The van der Waals surface area contributed by atoms with Crippen LogP contribution in [0, 0.1) is 0 Å².